The lowest BCUT2D eigenvalue weighted by atomic mass is 10.1. The molecule has 2 rings (SSSR count). The maximum atomic E-state index is 11.6. The van der Waals surface area contributed by atoms with Crippen LogP contribution in [0.15, 0.2) is 48.5 Å². The van der Waals surface area contributed by atoms with Gasteiger partial charge in [-0.25, -0.2) is 0 Å². The molecule has 0 saturated heterocycles. The van der Waals surface area contributed by atoms with Gasteiger partial charge in [-0.2, -0.15) is 0 Å². The van der Waals surface area contributed by atoms with E-state index in [1.165, 1.54) is 0 Å². The fourth-order valence-corrected chi connectivity index (χ4v) is 2.93. The van der Waals surface area contributed by atoms with Crippen LogP contribution in [-0.4, -0.2) is 41.1 Å². The van der Waals surface area contributed by atoms with Crippen LogP contribution in [0.3, 0.4) is 0 Å². The van der Waals surface area contributed by atoms with Gasteiger partial charge in [0.05, 0.1) is 12.8 Å². The molecule has 1 N–H and O–H groups in total. The van der Waals surface area contributed by atoms with Crippen molar-refractivity contribution in [1.29, 1.82) is 0 Å². The summed E-state index contributed by atoms with van der Waals surface area (Å²) in [6.07, 6.45) is 2.47. The van der Waals surface area contributed by atoms with Gasteiger partial charge in [-0.3, -0.25) is 9.59 Å². The van der Waals surface area contributed by atoms with Crippen LogP contribution < -0.4 is 0 Å². The van der Waals surface area contributed by atoms with Gasteiger partial charge >= 0.3 is 11.9 Å². The minimum atomic E-state index is -0.450. The van der Waals surface area contributed by atoms with Gasteiger partial charge in [-0.1, -0.05) is 62.4 Å². The monoisotopic (exact) mass is 501 g/mol. The zero-order valence-electron chi connectivity index (χ0n) is 23.9. The molecule has 6 heteroatoms. The molecule has 0 spiro atoms. The van der Waals surface area contributed by atoms with Crippen molar-refractivity contribution >= 4 is 18.2 Å². The SMILES string of the molecule is CC(C)(C)OC(=O)Cc1ccc(CC=O)cc1.CC(C)(C)OC(=O)Cc1ccc(CCO)cc1.[2H]CC. The van der Waals surface area contributed by atoms with Crippen molar-refractivity contribution in [1.82, 2.24) is 0 Å². The van der Waals surface area contributed by atoms with Gasteiger partial charge in [0.2, 0.25) is 0 Å². The van der Waals surface area contributed by atoms with E-state index in [1.54, 1.807) is 6.92 Å². The summed E-state index contributed by atoms with van der Waals surface area (Å²) in [5, 5.41) is 8.79. The van der Waals surface area contributed by atoms with E-state index in [0.717, 1.165) is 28.5 Å². The fourth-order valence-electron chi connectivity index (χ4n) is 2.93. The summed E-state index contributed by atoms with van der Waals surface area (Å²) in [5.41, 5.74) is 2.96. The van der Waals surface area contributed by atoms with Crippen molar-refractivity contribution in [3.05, 3.63) is 70.8 Å². The molecule has 0 fully saturated rings. The second-order valence-corrected chi connectivity index (χ2v) is 10.0. The highest BCUT2D eigenvalue weighted by Gasteiger charge is 2.17. The number of aldehydes is 1. The summed E-state index contributed by atoms with van der Waals surface area (Å²) in [7, 11) is 0. The zero-order valence-corrected chi connectivity index (χ0v) is 22.9. The van der Waals surface area contributed by atoms with Crippen molar-refractivity contribution in [2.75, 3.05) is 6.61 Å². The molecule has 0 aliphatic carbocycles. The van der Waals surface area contributed by atoms with Crippen molar-refractivity contribution < 1.29 is 30.3 Å². The van der Waals surface area contributed by atoms with Crippen LogP contribution in [-0.2, 0) is 49.5 Å². The average Bonchev–Trinajstić information content (AvgIpc) is 2.75. The van der Waals surface area contributed by atoms with Crippen LogP contribution in [0.2, 0.25) is 0 Å². The topological polar surface area (TPSA) is 89.9 Å². The Hall–Kier alpha value is -2.99. The van der Waals surface area contributed by atoms with Crippen molar-refractivity contribution in [3.8, 4) is 0 Å². The Labute approximate surface area is 218 Å². The van der Waals surface area contributed by atoms with Gasteiger partial charge in [-0.15, -0.1) is 0 Å². The number of benzene rings is 2. The third kappa shape index (κ3) is 16.6. The molecule has 2 aromatic carbocycles. The van der Waals surface area contributed by atoms with E-state index in [2.05, 4.69) is 0 Å². The Balaban J connectivity index is 0.000000633. The highest BCUT2D eigenvalue weighted by atomic mass is 16.6. The predicted octanol–water partition coefficient (Wildman–Crippen LogP) is 5.44. The lowest BCUT2D eigenvalue weighted by Gasteiger charge is -2.19. The van der Waals surface area contributed by atoms with Crippen LogP contribution in [0, 0.1) is 0 Å². The Morgan fingerprint density at radius 3 is 1.42 bits per heavy atom. The molecule has 0 unspecified atom stereocenters. The normalized spacial score (nSPS) is 11.1. The molecule has 0 bridgehead atoms. The minimum absolute atomic E-state index is 0.144. The first kappa shape index (κ1) is 31.0. The summed E-state index contributed by atoms with van der Waals surface area (Å²) in [5.74, 6) is -0.451. The van der Waals surface area contributed by atoms with Crippen LogP contribution in [0.4, 0.5) is 0 Å². The van der Waals surface area contributed by atoms with E-state index in [1.807, 2.05) is 90.1 Å². The first-order valence-electron chi connectivity index (χ1n) is 12.9. The average molecular weight is 502 g/mol. The van der Waals surface area contributed by atoms with E-state index in [9.17, 15) is 14.4 Å². The lowest BCUT2D eigenvalue weighted by molar-refractivity contribution is -0.155. The molecule has 200 valence electrons. The first-order chi connectivity index (χ1) is 17.2. The third-order valence-electron chi connectivity index (χ3n) is 4.30. The molecule has 0 heterocycles. The Morgan fingerprint density at radius 2 is 1.11 bits per heavy atom. The van der Waals surface area contributed by atoms with Gasteiger partial charge < -0.3 is 19.4 Å². The highest BCUT2D eigenvalue weighted by Crippen LogP contribution is 2.12. The maximum absolute atomic E-state index is 11.6. The summed E-state index contributed by atoms with van der Waals surface area (Å²) in [4.78, 5) is 33.5. The number of aliphatic hydroxyl groups excluding tert-OH is 1. The Kier molecular flexibility index (Phi) is 14.3. The standard InChI is InChI=1S/C14H20O3.C14H18O3.C2H6/c2*1-14(2,3)17-13(16)10-12-6-4-11(5-7-12)8-9-15;1-2/h4-7,15H,8-10H2,1-3H3;4-7,9H,8,10H2,1-3H3;1-2H3/i;;1D. The van der Waals surface area contributed by atoms with Gasteiger partial charge in [0.1, 0.15) is 17.5 Å². The fraction of sp³-hybridized carbons (Fsp3) is 0.500. The molecule has 0 saturated carbocycles. The minimum Gasteiger partial charge on any atom is -0.460 e. The van der Waals surface area contributed by atoms with E-state index < -0.39 is 11.2 Å². The number of aliphatic hydroxyl groups is 1. The van der Waals surface area contributed by atoms with Crippen molar-refractivity contribution in [2.24, 2.45) is 0 Å². The van der Waals surface area contributed by atoms with Gasteiger partial charge in [-0.05, 0) is 70.2 Å². The molecule has 2 aromatic rings. The van der Waals surface area contributed by atoms with E-state index in [0.29, 0.717) is 19.7 Å². The maximum Gasteiger partial charge on any atom is 0.310 e. The van der Waals surface area contributed by atoms with Crippen LogP contribution >= 0.6 is 0 Å². The van der Waals surface area contributed by atoms with E-state index in [4.69, 9.17) is 16.0 Å². The molecule has 0 aliphatic rings. The second-order valence-electron chi connectivity index (χ2n) is 10.0. The number of carbonyl (C=O) groups excluding carboxylic acids is 3. The highest BCUT2D eigenvalue weighted by molar-refractivity contribution is 5.73. The zero-order chi connectivity index (χ0) is 28.5. The van der Waals surface area contributed by atoms with Gasteiger partial charge in [0.15, 0.2) is 0 Å². The van der Waals surface area contributed by atoms with Crippen LogP contribution in [0.5, 0.6) is 0 Å². The van der Waals surface area contributed by atoms with E-state index >= 15 is 0 Å². The number of hydrogen-bond acceptors (Lipinski definition) is 6. The molecular weight excluding hydrogens is 456 g/mol. The number of ether oxygens (including phenoxy) is 2. The number of carbonyl (C=O) groups is 3. The van der Waals surface area contributed by atoms with Crippen LogP contribution in [0.25, 0.3) is 0 Å². The number of hydrogen-bond donors (Lipinski definition) is 1. The van der Waals surface area contributed by atoms with Crippen molar-refractivity contribution in [2.45, 2.75) is 92.3 Å². The lowest BCUT2D eigenvalue weighted by Crippen LogP contribution is -2.24. The quantitative estimate of drug-likeness (QED) is 0.382. The van der Waals surface area contributed by atoms with Crippen LogP contribution in [0.1, 0.15) is 79.0 Å². The van der Waals surface area contributed by atoms with E-state index in [-0.39, 0.29) is 31.4 Å². The predicted molar refractivity (Wildman–Crippen MR) is 144 cm³/mol. The Morgan fingerprint density at radius 1 is 0.778 bits per heavy atom. The number of esters is 2. The Bertz CT molecular complexity index is 923. The number of rotatable bonds is 8. The van der Waals surface area contributed by atoms with Gasteiger partial charge in [0.25, 0.3) is 0 Å². The molecular formula is C30H44O6. The molecule has 36 heavy (non-hydrogen) atoms. The first-order valence-corrected chi connectivity index (χ1v) is 12.2. The van der Waals surface area contributed by atoms with Gasteiger partial charge in [0, 0.05) is 14.4 Å². The summed E-state index contributed by atoms with van der Waals surface area (Å²) in [6.45, 7) is 13.5. The second kappa shape index (κ2) is 16.6. The smallest absolute Gasteiger partial charge is 0.310 e. The van der Waals surface area contributed by atoms with Crippen molar-refractivity contribution in [3.63, 3.8) is 0 Å². The summed E-state index contributed by atoms with van der Waals surface area (Å²) < 4.78 is 16.7. The third-order valence-corrected chi connectivity index (χ3v) is 4.30. The molecule has 0 aromatic heterocycles. The molecule has 0 atom stereocenters. The summed E-state index contributed by atoms with van der Waals surface area (Å²) >= 11 is 0. The molecule has 6 nitrogen and oxygen atoms in total. The molecule has 0 amide bonds. The largest absolute Gasteiger partial charge is 0.460 e. The summed E-state index contributed by atoms with van der Waals surface area (Å²) in [6, 6.07) is 15.1. The molecule has 0 aliphatic heterocycles. The molecule has 0 radical (unpaired) electrons.